The van der Waals surface area contributed by atoms with E-state index in [1.165, 1.54) is 13.4 Å². The monoisotopic (exact) mass is 449 g/mol. The van der Waals surface area contributed by atoms with Gasteiger partial charge in [0.15, 0.2) is 18.5 Å². The molecule has 172 valence electrons. The van der Waals surface area contributed by atoms with E-state index in [0.717, 1.165) is 12.8 Å². The molecule has 0 saturated carbocycles. The molecular weight excluding hydrogens is 417 g/mol. The van der Waals surface area contributed by atoms with Gasteiger partial charge in [-0.05, 0) is 12.8 Å². The first-order valence-corrected chi connectivity index (χ1v) is 11.7. The topological polar surface area (TPSA) is 183 Å². The fourth-order valence-corrected chi connectivity index (χ4v) is 3.28. The highest BCUT2D eigenvalue weighted by atomic mass is 31.2. The maximum Gasteiger partial charge on any atom is 0.290 e. The Morgan fingerprint density at radius 2 is 2.03 bits per heavy atom. The molecule has 2 aromatic heterocycles. The number of carbonyl (C=O) groups is 1. The summed E-state index contributed by atoms with van der Waals surface area (Å²) in [6.07, 6.45) is 2.62. The summed E-state index contributed by atoms with van der Waals surface area (Å²) in [6.45, 7) is 6.13. The van der Waals surface area contributed by atoms with E-state index in [1.54, 1.807) is 11.2 Å². The number of aromatic nitrogens is 4. The Morgan fingerprint density at radius 1 is 1.40 bits per heavy atom. The predicted octanol–water partition coefficient (Wildman–Crippen LogP) is 1.14. The van der Waals surface area contributed by atoms with E-state index >= 15 is 0 Å². The smallest absolute Gasteiger partial charge is 0.290 e. The number of aliphatic hydroxyl groups excluding tert-OH is 1. The molecule has 2 aromatic rings. The average molecular weight is 449 g/mol. The molecule has 0 aliphatic carbocycles. The van der Waals surface area contributed by atoms with Gasteiger partial charge in [0.1, 0.15) is 0 Å². The van der Waals surface area contributed by atoms with Gasteiger partial charge in [-0.1, -0.05) is 13.8 Å². The summed E-state index contributed by atoms with van der Waals surface area (Å²) >= 11 is 0. The van der Waals surface area contributed by atoms with Gasteiger partial charge < -0.3 is 29.8 Å². The number of imidazole rings is 1. The number of anilines is 1. The fraction of sp³-hybridized carbons (Fsp3) is 0.647. The first-order chi connectivity index (χ1) is 14.2. The number of hydrogen-bond donors (Lipinski definition) is 4. The third kappa shape index (κ3) is 9.97. The molecule has 12 nitrogen and oxygen atoms in total. The number of rotatable bonds is 10. The molecule has 0 aliphatic heterocycles. The summed E-state index contributed by atoms with van der Waals surface area (Å²) in [5.74, 6) is -0.00531. The highest BCUT2D eigenvalue weighted by molar-refractivity contribution is 7.58. The van der Waals surface area contributed by atoms with Crippen molar-refractivity contribution in [2.24, 2.45) is 0 Å². The average Bonchev–Trinajstić information content (AvgIpc) is 3.09. The fourth-order valence-electron chi connectivity index (χ4n) is 2.30. The van der Waals surface area contributed by atoms with Crippen LogP contribution >= 0.6 is 7.37 Å². The van der Waals surface area contributed by atoms with Gasteiger partial charge in [-0.15, -0.1) is 0 Å². The number of hydrogen-bond acceptors (Lipinski definition) is 9. The highest BCUT2D eigenvalue weighted by Crippen LogP contribution is 2.41. The predicted molar refractivity (Wildman–Crippen MR) is 114 cm³/mol. The van der Waals surface area contributed by atoms with Crippen molar-refractivity contribution in [2.45, 2.75) is 39.3 Å². The first kappa shape index (κ1) is 27.7. The van der Waals surface area contributed by atoms with Crippen LogP contribution in [0.5, 0.6) is 0 Å². The molecule has 0 aliphatic rings. The third-order valence-electron chi connectivity index (χ3n) is 3.70. The summed E-state index contributed by atoms with van der Waals surface area (Å²) in [5.41, 5.74) is 5.60. The number of ether oxygens (including phenoxy) is 1. The minimum atomic E-state index is -2.47. The molecule has 2 heterocycles. The van der Waals surface area contributed by atoms with E-state index in [4.69, 9.17) is 24.9 Å². The normalized spacial score (nSPS) is 13.4. The van der Waals surface area contributed by atoms with Gasteiger partial charge >= 0.3 is 0 Å². The number of aromatic amines is 1. The van der Waals surface area contributed by atoms with Crippen molar-refractivity contribution in [3.8, 4) is 0 Å². The third-order valence-corrected chi connectivity index (χ3v) is 5.60. The van der Waals surface area contributed by atoms with Gasteiger partial charge in [-0.2, -0.15) is 4.98 Å². The van der Waals surface area contributed by atoms with Gasteiger partial charge in [-0.3, -0.25) is 19.1 Å². The molecule has 2 atom stereocenters. The van der Waals surface area contributed by atoms with Crippen LogP contribution in [0.3, 0.4) is 0 Å². The Balaban J connectivity index is 0.00000154. The van der Waals surface area contributed by atoms with Gasteiger partial charge in [0, 0.05) is 26.5 Å². The Bertz CT molecular complexity index is 855. The number of H-pyrrole nitrogens is 1. The second-order valence-electron chi connectivity index (χ2n) is 5.98. The number of unbranched alkanes of at least 4 members (excludes halogenated alkanes) is 1. The standard InChI is InChI=1S/C14H24N5O5P.C2H6.CH2O2/c1-23-25(2,22)6-4-3-5-24-8-10(20)7-19-9-16-11-12(19)17-14(15)18-13(11)21;1-2;2-1-3/h9-10,20H,3-8H2,1-2H3,(H3,15,17,18,21);1-2H3;1H,(H,2,3). The van der Waals surface area contributed by atoms with E-state index in [0.29, 0.717) is 18.4 Å². The van der Waals surface area contributed by atoms with Gasteiger partial charge in [0.25, 0.3) is 12.0 Å². The lowest BCUT2D eigenvalue weighted by molar-refractivity contribution is -0.122. The molecule has 13 heteroatoms. The zero-order chi connectivity index (χ0) is 23.2. The summed E-state index contributed by atoms with van der Waals surface area (Å²) in [6, 6.07) is 0. The maximum atomic E-state index is 11.7. The van der Waals surface area contributed by atoms with Crippen molar-refractivity contribution in [1.29, 1.82) is 0 Å². The molecule has 2 unspecified atom stereocenters. The minimum Gasteiger partial charge on any atom is -0.483 e. The largest absolute Gasteiger partial charge is 0.483 e. The van der Waals surface area contributed by atoms with Gasteiger partial charge in [0.05, 0.1) is 25.6 Å². The van der Waals surface area contributed by atoms with Crippen LogP contribution in [0.4, 0.5) is 5.95 Å². The number of fused-ring (bicyclic) bond motifs is 1. The van der Waals surface area contributed by atoms with Crippen molar-refractivity contribution in [2.75, 3.05) is 38.9 Å². The van der Waals surface area contributed by atoms with Crippen molar-refractivity contribution < 1.29 is 28.8 Å². The number of nitrogens with zero attached hydrogens (tertiary/aromatic N) is 3. The molecule has 0 spiro atoms. The molecule has 5 N–H and O–H groups in total. The zero-order valence-electron chi connectivity index (χ0n) is 17.8. The molecule has 0 bridgehead atoms. The second kappa shape index (κ2) is 14.7. The Morgan fingerprint density at radius 3 is 2.63 bits per heavy atom. The number of nitrogens with one attached hydrogen (secondary N) is 1. The highest BCUT2D eigenvalue weighted by Gasteiger charge is 2.14. The van der Waals surface area contributed by atoms with E-state index in [-0.39, 0.29) is 31.1 Å². The van der Waals surface area contributed by atoms with Crippen LogP contribution in [-0.2, 0) is 25.2 Å². The van der Waals surface area contributed by atoms with Gasteiger partial charge in [-0.25, -0.2) is 4.98 Å². The van der Waals surface area contributed by atoms with Crippen molar-refractivity contribution in [1.82, 2.24) is 19.5 Å². The van der Waals surface area contributed by atoms with Crippen LogP contribution in [0.1, 0.15) is 26.7 Å². The van der Waals surface area contributed by atoms with Crippen LogP contribution in [0.2, 0.25) is 0 Å². The van der Waals surface area contributed by atoms with E-state index in [1.807, 2.05) is 13.8 Å². The Hall–Kier alpha value is -2.27. The van der Waals surface area contributed by atoms with Crippen LogP contribution in [0.15, 0.2) is 11.1 Å². The van der Waals surface area contributed by atoms with Gasteiger partial charge in [0.2, 0.25) is 5.95 Å². The Kier molecular flexibility index (Phi) is 13.6. The summed E-state index contributed by atoms with van der Waals surface area (Å²) < 4.78 is 23.6. The lowest BCUT2D eigenvalue weighted by atomic mass is 10.3. The molecule has 0 amide bonds. The molecule has 2 rings (SSSR count). The SMILES string of the molecule is CC.COP(C)(=O)CCCCOCC(O)Cn1cnc2c(=O)[nH]c(N)nc21.O=CO. The molecule has 30 heavy (non-hydrogen) atoms. The zero-order valence-corrected chi connectivity index (χ0v) is 18.7. The van der Waals surface area contributed by atoms with E-state index in [2.05, 4.69) is 15.0 Å². The molecule has 0 fully saturated rings. The number of nitrogen functional groups attached to an aromatic ring is 1. The van der Waals surface area contributed by atoms with Crippen LogP contribution in [0.25, 0.3) is 11.2 Å². The van der Waals surface area contributed by atoms with Crippen LogP contribution in [-0.4, -0.2) is 75.5 Å². The van der Waals surface area contributed by atoms with Crippen molar-refractivity contribution >= 4 is 31.0 Å². The lowest BCUT2D eigenvalue weighted by Crippen LogP contribution is -2.22. The van der Waals surface area contributed by atoms with E-state index in [9.17, 15) is 14.5 Å². The van der Waals surface area contributed by atoms with E-state index < -0.39 is 19.0 Å². The first-order valence-electron chi connectivity index (χ1n) is 9.40. The number of nitrogens with two attached hydrogens (primary N) is 1. The molecule has 0 aromatic carbocycles. The second-order valence-corrected chi connectivity index (χ2v) is 8.82. The molecular formula is C17H32N5O7P. The molecule has 0 radical (unpaired) electrons. The lowest BCUT2D eigenvalue weighted by Gasteiger charge is -2.13. The quantitative estimate of drug-likeness (QED) is 0.233. The summed E-state index contributed by atoms with van der Waals surface area (Å²) in [7, 11) is -1.02. The summed E-state index contributed by atoms with van der Waals surface area (Å²) in [4.78, 5) is 30.4. The summed E-state index contributed by atoms with van der Waals surface area (Å²) in [5, 5.41) is 16.9. The van der Waals surface area contributed by atoms with Crippen LogP contribution < -0.4 is 11.3 Å². The molecule has 0 saturated heterocycles. The van der Waals surface area contributed by atoms with Crippen molar-refractivity contribution in [3.05, 3.63) is 16.7 Å². The Labute approximate surface area is 174 Å². The number of aliphatic hydroxyl groups is 1. The van der Waals surface area contributed by atoms with Crippen molar-refractivity contribution in [3.63, 3.8) is 0 Å². The minimum absolute atomic E-state index is 0.00531. The maximum absolute atomic E-state index is 11.7. The van der Waals surface area contributed by atoms with Crippen LogP contribution in [0, 0.1) is 0 Å². The number of carboxylic acid groups (broad SMARTS) is 1.